The Morgan fingerprint density at radius 1 is 1.18 bits per heavy atom. The minimum Gasteiger partial charge on any atom is -0.415 e. The number of rotatable bonds is 6. The van der Waals surface area contributed by atoms with Crippen LogP contribution < -0.4 is 5.32 Å². The van der Waals surface area contributed by atoms with Crippen molar-refractivity contribution in [3.8, 4) is 11.5 Å². The van der Waals surface area contributed by atoms with E-state index in [0.29, 0.717) is 25.1 Å². The number of likely N-dealkylation sites (tertiary alicyclic amines) is 2. The zero-order valence-corrected chi connectivity index (χ0v) is 22.3. The first-order chi connectivity index (χ1) is 19.3. The number of anilines is 1. The van der Waals surface area contributed by atoms with Gasteiger partial charge < -0.3 is 14.6 Å². The lowest BCUT2D eigenvalue weighted by atomic mass is 9.63. The van der Waals surface area contributed by atoms with E-state index in [-0.39, 0.29) is 28.9 Å². The van der Waals surface area contributed by atoms with Crippen LogP contribution >= 0.6 is 0 Å². The molecule has 0 saturated carbocycles. The average molecular weight is 554 g/mol. The summed E-state index contributed by atoms with van der Waals surface area (Å²) in [5.41, 5.74) is 2.49. The van der Waals surface area contributed by atoms with E-state index in [9.17, 15) is 13.6 Å². The van der Waals surface area contributed by atoms with Crippen LogP contribution in [0.5, 0.6) is 0 Å². The molecule has 1 unspecified atom stereocenters. The summed E-state index contributed by atoms with van der Waals surface area (Å²) in [6.45, 7) is 5.11. The summed E-state index contributed by atoms with van der Waals surface area (Å²) in [7, 11) is 1.87. The Hall–Kier alpha value is -3.93. The monoisotopic (exact) mass is 553 g/mol. The van der Waals surface area contributed by atoms with Crippen LogP contribution in [0.3, 0.4) is 0 Å². The van der Waals surface area contributed by atoms with Gasteiger partial charge in [-0.05, 0) is 61.7 Å². The first-order valence-electron chi connectivity index (χ1n) is 13.4. The molecule has 1 N–H and O–H groups in total. The predicted octanol–water partition coefficient (Wildman–Crippen LogP) is 5.26. The van der Waals surface area contributed by atoms with Gasteiger partial charge in [-0.1, -0.05) is 13.0 Å². The highest BCUT2D eigenvalue weighted by Crippen LogP contribution is 2.47. The number of nitrogens with one attached hydrogen (secondary N) is 1. The number of hydrogen-bond donors (Lipinski definition) is 1. The lowest BCUT2D eigenvalue weighted by Crippen LogP contribution is -2.68. The molecule has 9 nitrogen and oxygen atoms in total. The van der Waals surface area contributed by atoms with Crippen LogP contribution in [-0.2, 0) is 13.5 Å². The van der Waals surface area contributed by atoms with Gasteiger partial charge in [0.25, 0.3) is 5.89 Å². The Morgan fingerprint density at radius 3 is 2.67 bits per heavy atom. The second kappa shape index (κ2) is 10.2. The second-order valence-corrected chi connectivity index (χ2v) is 10.7. The van der Waals surface area contributed by atoms with Crippen molar-refractivity contribution < 1.29 is 22.4 Å². The fourth-order valence-electron chi connectivity index (χ4n) is 6.14. The molecule has 2 aromatic heterocycles. The molecule has 1 spiro atoms. The summed E-state index contributed by atoms with van der Waals surface area (Å²) in [5, 5.41) is 15.2. The van der Waals surface area contributed by atoms with Gasteiger partial charge in [0.05, 0.1) is 11.7 Å². The van der Waals surface area contributed by atoms with E-state index < -0.39 is 18.1 Å². The molecule has 1 atom stereocenters. The topological polar surface area (TPSA) is 92.3 Å². The Labute approximate surface area is 228 Å². The molecule has 12 heteroatoms. The van der Waals surface area contributed by atoms with Crippen molar-refractivity contribution in [2.75, 3.05) is 31.5 Å². The minimum atomic E-state index is -2.88. The highest BCUT2D eigenvalue weighted by Gasteiger charge is 2.52. The number of nitrogens with zero attached hydrogens (tertiary/aromatic N) is 6. The number of hydrogen-bond acceptors (Lipinski definition) is 6. The molecule has 0 radical (unpaired) electrons. The zero-order chi connectivity index (χ0) is 28.0. The Bertz CT molecular complexity index is 1540. The fraction of sp³-hybridized carbons (Fsp3) is 0.429. The van der Waals surface area contributed by atoms with Gasteiger partial charge in [0.1, 0.15) is 5.82 Å². The van der Waals surface area contributed by atoms with Gasteiger partial charge in [0, 0.05) is 54.8 Å². The smallest absolute Gasteiger partial charge is 0.321 e. The summed E-state index contributed by atoms with van der Waals surface area (Å²) in [6, 6.07) is 10.3. The molecule has 2 amide bonds. The maximum absolute atomic E-state index is 15.2. The molecule has 2 aliphatic rings. The number of aromatic nitrogens is 4. The number of likely N-dealkylation sites (N-methyl/N-ethyl adjacent to an activating group) is 1. The van der Waals surface area contributed by atoms with E-state index in [1.54, 1.807) is 23.0 Å². The van der Waals surface area contributed by atoms with Crippen molar-refractivity contribution in [3.05, 3.63) is 59.9 Å². The molecule has 4 aromatic rings. The predicted molar refractivity (Wildman–Crippen MR) is 142 cm³/mol. The maximum atomic E-state index is 15.2. The molecule has 2 fully saturated rings. The van der Waals surface area contributed by atoms with Crippen LogP contribution in [0.15, 0.2) is 47.0 Å². The Balaban J connectivity index is 1.11. The quantitative estimate of drug-likeness (QED) is 0.350. The van der Waals surface area contributed by atoms with E-state index >= 15 is 4.39 Å². The molecule has 0 bridgehead atoms. The number of amides is 2. The first kappa shape index (κ1) is 26.3. The van der Waals surface area contributed by atoms with Crippen molar-refractivity contribution in [1.29, 1.82) is 0 Å². The summed E-state index contributed by atoms with van der Waals surface area (Å²) in [5.74, 6) is -1.36. The van der Waals surface area contributed by atoms with Crippen molar-refractivity contribution in [3.63, 3.8) is 0 Å². The Morgan fingerprint density at radius 2 is 1.98 bits per heavy atom. The number of urea groups is 1. The molecule has 4 heterocycles. The van der Waals surface area contributed by atoms with E-state index in [1.807, 2.05) is 30.1 Å². The minimum absolute atomic E-state index is 0.00414. The SMILES string of the molecule is CCN1CC2(CCN(C(=O)Nc3ccc4cnn(C)c4c3)CC2)C1Cc1ccc(-c2nnc(C(F)F)o2)cc1F. The van der Waals surface area contributed by atoms with E-state index in [2.05, 4.69) is 32.4 Å². The molecule has 210 valence electrons. The summed E-state index contributed by atoms with van der Waals surface area (Å²) >= 11 is 0. The van der Waals surface area contributed by atoms with Crippen molar-refractivity contribution in [2.45, 2.75) is 38.7 Å². The van der Waals surface area contributed by atoms with E-state index in [0.717, 1.165) is 42.5 Å². The number of halogens is 3. The van der Waals surface area contributed by atoms with Crippen molar-refractivity contribution >= 4 is 22.6 Å². The lowest BCUT2D eigenvalue weighted by molar-refractivity contribution is -0.101. The van der Waals surface area contributed by atoms with Crippen molar-refractivity contribution in [2.24, 2.45) is 12.5 Å². The summed E-state index contributed by atoms with van der Waals surface area (Å²) < 4.78 is 47.5. The number of alkyl halides is 2. The number of carbonyl (C=O) groups is 1. The summed E-state index contributed by atoms with van der Waals surface area (Å²) in [6.07, 6.45) is 1.09. The number of piperidine rings is 1. The number of aryl methyl sites for hydroxylation is 1. The number of fused-ring (bicyclic) bond motifs is 1. The zero-order valence-electron chi connectivity index (χ0n) is 22.3. The molecular weight excluding hydrogens is 523 g/mol. The lowest BCUT2D eigenvalue weighted by Gasteiger charge is -2.60. The fourth-order valence-corrected chi connectivity index (χ4v) is 6.14. The maximum Gasteiger partial charge on any atom is 0.321 e. The van der Waals surface area contributed by atoms with Gasteiger partial charge in [0.15, 0.2) is 0 Å². The Kier molecular flexibility index (Phi) is 6.73. The van der Waals surface area contributed by atoms with Gasteiger partial charge in [0.2, 0.25) is 5.89 Å². The largest absolute Gasteiger partial charge is 0.415 e. The third-order valence-electron chi connectivity index (χ3n) is 8.46. The van der Waals surface area contributed by atoms with Gasteiger partial charge in [-0.2, -0.15) is 13.9 Å². The van der Waals surface area contributed by atoms with Crippen LogP contribution in [0.1, 0.15) is 37.6 Å². The second-order valence-electron chi connectivity index (χ2n) is 10.7. The standard InChI is InChI=1S/C28H30F3N7O2/c1-3-37-16-28(23(37)13-17-4-5-18(12-21(17)29)25-34-35-26(40-25)24(30)31)8-10-38(11-9-28)27(39)33-20-7-6-19-15-32-36(2)22(19)14-20/h4-7,12,14-15,23-24H,3,8-11,13,16H2,1-2H3,(H,33,39). The van der Waals surface area contributed by atoms with Crippen LogP contribution in [0.4, 0.5) is 23.7 Å². The van der Waals surface area contributed by atoms with Crippen LogP contribution in [-0.4, -0.2) is 68.0 Å². The molecule has 2 aliphatic heterocycles. The number of benzene rings is 2. The van der Waals surface area contributed by atoms with Crippen LogP contribution in [0.2, 0.25) is 0 Å². The van der Waals surface area contributed by atoms with Crippen LogP contribution in [0, 0.1) is 11.2 Å². The molecule has 2 saturated heterocycles. The first-order valence-corrected chi connectivity index (χ1v) is 13.4. The van der Waals surface area contributed by atoms with Gasteiger partial charge >= 0.3 is 12.5 Å². The van der Waals surface area contributed by atoms with E-state index in [1.165, 1.54) is 6.07 Å². The van der Waals surface area contributed by atoms with Gasteiger partial charge in [-0.15, -0.1) is 10.2 Å². The normalized spacial score (nSPS) is 18.9. The van der Waals surface area contributed by atoms with Gasteiger partial charge in [-0.25, -0.2) is 9.18 Å². The number of carbonyl (C=O) groups excluding carboxylic acids is 1. The average Bonchev–Trinajstić information content (AvgIpc) is 3.59. The van der Waals surface area contributed by atoms with E-state index in [4.69, 9.17) is 4.42 Å². The summed E-state index contributed by atoms with van der Waals surface area (Å²) in [4.78, 5) is 17.2. The highest BCUT2D eigenvalue weighted by molar-refractivity contribution is 5.92. The molecule has 6 rings (SSSR count). The van der Waals surface area contributed by atoms with Gasteiger partial charge in [-0.3, -0.25) is 9.58 Å². The third kappa shape index (κ3) is 4.70. The molecular formula is C28H30F3N7O2. The molecule has 0 aliphatic carbocycles. The highest BCUT2D eigenvalue weighted by atomic mass is 19.3. The third-order valence-corrected chi connectivity index (χ3v) is 8.46. The van der Waals surface area contributed by atoms with Crippen LogP contribution in [0.25, 0.3) is 22.4 Å². The van der Waals surface area contributed by atoms with Crippen molar-refractivity contribution in [1.82, 2.24) is 29.8 Å². The molecule has 40 heavy (non-hydrogen) atoms. The molecule has 2 aromatic carbocycles.